The summed E-state index contributed by atoms with van der Waals surface area (Å²) in [5.74, 6) is -0.239. The van der Waals surface area contributed by atoms with Crippen molar-refractivity contribution in [1.82, 2.24) is 5.43 Å². The van der Waals surface area contributed by atoms with Gasteiger partial charge in [-0.25, -0.2) is 10.2 Å². The van der Waals surface area contributed by atoms with Gasteiger partial charge in [0.1, 0.15) is 11.5 Å². The Labute approximate surface area is 202 Å². The van der Waals surface area contributed by atoms with E-state index in [1.807, 2.05) is 12.1 Å². The lowest BCUT2D eigenvalue weighted by atomic mass is 10.2. The molecule has 0 radical (unpaired) electrons. The molecular formula is C23H18IN3O6. The second kappa shape index (κ2) is 11.2. The van der Waals surface area contributed by atoms with Gasteiger partial charge in [-0.2, -0.15) is 5.10 Å². The minimum Gasteiger partial charge on any atom is -0.481 e. The molecule has 0 aliphatic rings. The van der Waals surface area contributed by atoms with Crippen molar-refractivity contribution in [3.63, 3.8) is 0 Å². The van der Waals surface area contributed by atoms with Gasteiger partial charge in [-0.1, -0.05) is 12.1 Å². The molecule has 0 saturated heterocycles. The molecular weight excluding hydrogens is 541 g/mol. The van der Waals surface area contributed by atoms with Gasteiger partial charge in [0.25, 0.3) is 11.6 Å². The van der Waals surface area contributed by atoms with E-state index in [9.17, 15) is 19.7 Å². The third-order valence-electron chi connectivity index (χ3n) is 4.30. The molecule has 3 aromatic rings. The number of carbonyl (C=O) groups is 2. The first-order chi connectivity index (χ1) is 15.8. The zero-order chi connectivity index (χ0) is 23.8. The Morgan fingerprint density at radius 1 is 1.03 bits per heavy atom. The number of benzene rings is 3. The van der Waals surface area contributed by atoms with E-state index in [-0.39, 0.29) is 5.69 Å². The molecule has 33 heavy (non-hydrogen) atoms. The van der Waals surface area contributed by atoms with Crippen LogP contribution in [0.15, 0.2) is 77.9 Å². The molecule has 0 aliphatic heterocycles. The van der Waals surface area contributed by atoms with Gasteiger partial charge >= 0.3 is 5.97 Å². The quantitative estimate of drug-likeness (QED) is 0.110. The van der Waals surface area contributed by atoms with Crippen LogP contribution in [0.4, 0.5) is 5.69 Å². The van der Waals surface area contributed by atoms with Gasteiger partial charge in [0.15, 0.2) is 6.10 Å². The molecule has 1 N–H and O–H groups in total. The first kappa shape index (κ1) is 23.9. The highest BCUT2D eigenvalue weighted by Gasteiger charge is 2.15. The first-order valence-corrected chi connectivity index (χ1v) is 10.7. The fourth-order valence-corrected chi connectivity index (χ4v) is 3.18. The zero-order valence-electron chi connectivity index (χ0n) is 17.3. The topological polar surface area (TPSA) is 120 Å². The second-order valence-electron chi connectivity index (χ2n) is 6.68. The van der Waals surface area contributed by atoms with Crippen LogP contribution in [0.2, 0.25) is 0 Å². The fourth-order valence-electron chi connectivity index (χ4n) is 2.58. The smallest absolute Gasteiger partial charge is 0.344 e. The number of halogens is 1. The highest BCUT2D eigenvalue weighted by atomic mass is 127. The van der Waals surface area contributed by atoms with Crippen LogP contribution in [0.25, 0.3) is 0 Å². The molecule has 0 fully saturated rings. The van der Waals surface area contributed by atoms with Crippen LogP contribution in [0, 0.1) is 13.7 Å². The highest BCUT2D eigenvalue weighted by molar-refractivity contribution is 14.1. The number of nitrogens with zero attached hydrogens (tertiary/aromatic N) is 2. The Morgan fingerprint density at radius 3 is 2.30 bits per heavy atom. The number of ether oxygens (including phenoxy) is 2. The molecule has 0 saturated carbocycles. The summed E-state index contributed by atoms with van der Waals surface area (Å²) in [6, 6.07) is 19.2. The van der Waals surface area contributed by atoms with Crippen molar-refractivity contribution in [3.8, 4) is 11.5 Å². The lowest BCUT2D eigenvalue weighted by molar-refractivity contribution is -0.384. The monoisotopic (exact) mass is 559 g/mol. The summed E-state index contributed by atoms with van der Waals surface area (Å²) in [6.45, 7) is 1.53. The normalized spacial score (nSPS) is 11.6. The minimum atomic E-state index is -0.869. The number of nitro groups is 1. The highest BCUT2D eigenvalue weighted by Crippen LogP contribution is 2.19. The van der Waals surface area contributed by atoms with Gasteiger partial charge < -0.3 is 9.47 Å². The van der Waals surface area contributed by atoms with Crippen LogP contribution in [-0.4, -0.2) is 29.1 Å². The van der Waals surface area contributed by atoms with Crippen LogP contribution in [0.5, 0.6) is 11.5 Å². The van der Waals surface area contributed by atoms with Crippen LogP contribution in [0.3, 0.4) is 0 Å². The largest absolute Gasteiger partial charge is 0.481 e. The molecule has 0 heterocycles. The maximum atomic E-state index is 12.3. The molecule has 9 nitrogen and oxygen atoms in total. The molecule has 1 amide bonds. The average molecular weight is 559 g/mol. The van der Waals surface area contributed by atoms with Crippen molar-refractivity contribution in [2.75, 3.05) is 0 Å². The summed E-state index contributed by atoms with van der Waals surface area (Å²) in [7, 11) is 0. The minimum absolute atomic E-state index is 0.0698. The summed E-state index contributed by atoms with van der Waals surface area (Å²) >= 11 is 2.07. The van der Waals surface area contributed by atoms with Crippen molar-refractivity contribution < 1.29 is 24.0 Å². The van der Waals surface area contributed by atoms with Crippen molar-refractivity contribution in [3.05, 3.63) is 97.6 Å². The van der Waals surface area contributed by atoms with Crippen molar-refractivity contribution in [2.45, 2.75) is 13.0 Å². The van der Waals surface area contributed by atoms with Crippen LogP contribution in [0.1, 0.15) is 22.8 Å². The number of hydrazone groups is 1. The van der Waals surface area contributed by atoms with Gasteiger partial charge in [0, 0.05) is 15.7 Å². The summed E-state index contributed by atoms with van der Waals surface area (Å²) in [6.07, 6.45) is 0.563. The third kappa shape index (κ3) is 6.84. The first-order valence-electron chi connectivity index (χ1n) is 9.64. The van der Waals surface area contributed by atoms with Gasteiger partial charge in [-0.15, -0.1) is 0 Å². The molecule has 0 aliphatic carbocycles. The maximum Gasteiger partial charge on any atom is 0.344 e. The van der Waals surface area contributed by atoms with E-state index < -0.39 is 22.9 Å². The van der Waals surface area contributed by atoms with E-state index in [4.69, 9.17) is 9.47 Å². The predicted molar refractivity (Wildman–Crippen MR) is 129 cm³/mol. The predicted octanol–water partition coefficient (Wildman–Crippen LogP) is 4.34. The number of rotatable bonds is 8. The Balaban J connectivity index is 1.50. The van der Waals surface area contributed by atoms with Crippen LogP contribution < -0.4 is 14.9 Å². The summed E-state index contributed by atoms with van der Waals surface area (Å²) in [4.78, 5) is 34.6. The molecule has 0 aromatic heterocycles. The van der Waals surface area contributed by atoms with Crippen molar-refractivity contribution in [1.29, 1.82) is 0 Å². The fraction of sp³-hybridized carbons (Fsp3) is 0.0870. The molecule has 10 heteroatoms. The summed E-state index contributed by atoms with van der Waals surface area (Å²) in [5, 5.41) is 14.6. The molecule has 3 rings (SSSR count). The Morgan fingerprint density at radius 2 is 1.67 bits per heavy atom. The molecule has 0 unspecified atom stereocenters. The Kier molecular flexibility index (Phi) is 8.08. The van der Waals surface area contributed by atoms with Crippen LogP contribution in [-0.2, 0) is 4.79 Å². The number of hydrogen-bond acceptors (Lipinski definition) is 7. The molecule has 0 spiro atoms. The number of non-ortho nitro benzene ring substituents is 1. The van der Waals surface area contributed by atoms with Gasteiger partial charge in [-0.05, 0) is 83.6 Å². The Hall–Kier alpha value is -3.80. The SMILES string of the molecule is C[C@H](Oc1ccc([N+](=O)[O-])cc1)C(=O)N/N=C\c1ccc(OC(=O)c2ccccc2I)cc1. The number of esters is 1. The van der Waals surface area contributed by atoms with Crippen molar-refractivity contribution in [2.24, 2.45) is 5.10 Å². The molecule has 168 valence electrons. The summed E-state index contributed by atoms with van der Waals surface area (Å²) in [5.41, 5.74) is 3.45. The molecule has 0 bridgehead atoms. The van der Waals surface area contributed by atoms with Gasteiger partial charge in [0.2, 0.25) is 0 Å². The average Bonchev–Trinajstić information content (AvgIpc) is 2.80. The Bertz CT molecular complexity index is 1180. The van der Waals surface area contributed by atoms with Gasteiger partial charge in [0.05, 0.1) is 16.7 Å². The summed E-state index contributed by atoms with van der Waals surface area (Å²) < 4.78 is 11.6. The number of carbonyl (C=O) groups excluding carboxylic acids is 2. The standard InChI is InChI=1S/C23H18IN3O6/c1-15(32-18-12-8-17(9-13-18)27(30)31)22(28)26-25-14-16-6-10-19(11-7-16)33-23(29)20-4-2-3-5-21(20)24/h2-15H,1H3,(H,26,28)/b25-14-/t15-/m0/s1. The lowest BCUT2D eigenvalue weighted by Gasteiger charge is -2.12. The van der Waals surface area contributed by atoms with E-state index in [0.717, 1.165) is 3.57 Å². The number of hydrogen-bond donors (Lipinski definition) is 1. The number of nitro benzene ring substituents is 1. The van der Waals surface area contributed by atoms with Crippen molar-refractivity contribution >= 4 is 46.4 Å². The van der Waals surface area contributed by atoms with Gasteiger partial charge in [-0.3, -0.25) is 14.9 Å². The van der Waals surface area contributed by atoms with Crippen LogP contribution >= 0.6 is 22.6 Å². The van der Waals surface area contributed by atoms with E-state index in [2.05, 4.69) is 33.1 Å². The van der Waals surface area contributed by atoms with E-state index in [0.29, 0.717) is 22.6 Å². The lowest BCUT2D eigenvalue weighted by Crippen LogP contribution is -2.33. The second-order valence-corrected chi connectivity index (χ2v) is 7.85. The molecule has 3 aromatic carbocycles. The third-order valence-corrected chi connectivity index (χ3v) is 5.24. The maximum absolute atomic E-state index is 12.3. The molecule has 1 atom stereocenters. The number of amides is 1. The zero-order valence-corrected chi connectivity index (χ0v) is 19.5. The van der Waals surface area contributed by atoms with E-state index in [1.165, 1.54) is 37.4 Å². The van der Waals surface area contributed by atoms with E-state index in [1.54, 1.807) is 36.4 Å². The number of nitrogens with one attached hydrogen (secondary N) is 1. The van der Waals surface area contributed by atoms with E-state index >= 15 is 0 Å².